The molecule has 0 aliphatic heterocycles. The van der Waals surface area contributed by atoms with Crippen molar-refractivity contribution < 1.29 is 27.9 Å². The van der Waals surface area contributed by atoms with Crippen LogP contribution in [0.3, 0.4) is 0 Å². The van der Waals surface area contributed by atoms with Crippen molar-refractivity contribution in [1.29, 1.82) is 0 Å². The molecule has 104 valence electrons. The van der Waals surface area contributed by atoms with Crippen LogP contribution in [0.4, 0.5) is 13.2 Å². The van der Waals surface area contributed by atoms with E-state index in [0.29, 0.717) is 5.56 Å². The molecule has 1 aromatic carbocycles. The fraction of sp³-hybridized carbons (Fsp3) is 0.385. The van der Waals surface area contributed by atoms with E-state index in [1.165, 1.54) is 19.1 Å². The van der Waals surface area contributed by atoms with Gasteiger partial charge in [0.2, 0.25) is 11.6 Å². The second-order valence-corrected chi connectivity index (χ2v) is 4.16. The predicted octanol–water partition coefficient (Wildman–Crippen LogP) is 2.16. The standard InChI is InChI=1S/C13H13F3O3/c1-8(17)12(19)11(18)6-5-9-3-2-4-10(7-9)13(14,15)16/h2-4,7-8,17H,5-6H2,1H3. The fourth-order valence-corrected chi connectivity index (χ4v) is 1.52. The summed E-state index contributed by atoms with van der Waals surface area (Å²) >= 11 is 0. The van der Waals surface area contributed by atoms with Gasteiger partial charge in [-0.2, -0.15) is 13.2 Å². The molecule has 0 saturated heterocycles. The van der Waals surface area contributed by atoms with E-state index in [4.69, 9.17) is 5.11 Å². The number of aryl methyl sites for hydroxylation is 1. The zero-order chi connectivity index (χ0) is 14.6. The maximum Gasteiger partial charge on any atom is 0.416 e. The van der Waals surface area contributed by atoms with Gasteiger partial charge in [-0.3, -0.25) is 9.59 Å². The van der Waals surface area contributed by atoms with E-state index >= 15 is 0 Å². The largest absolute Gasteiger partial charge is 0.416 e. The number of aliphatic hydroxyl groups excluding tert-OH is 1. The molecular weight excluding hydrogens is 261 g/mol. The molecule has 0 fully saturated rings. The first-order valence-corrected chi connectivity index (χ1v) is 5.63. The Morgan fingerprint density at radius 2 is 1.95 bits per heavy atom. The number of alkyl halides is 3. The molecule has 1 aromatic rings. The lowest BCUT2D eigenvalue weighted by atomic mass is 10.0. The lowest BCUT2D eigenvalue weighted by Gasteiger charge is -2.08. The minimum Gasteiger partial charge on any atom is -0.385 e. The molecule has 0 saturated carbocycles. The smallest absolute Gasteiger partial charge is 0.385 e. The monoisotopic (exact) mass is 274 g/mol. The number of benzene rings is 1. The van der Waals surface area contributed by atoms with Crippen LogP contribution < -0.4 is 0 Å². The van der Waals surface area contributed by atoms with Gasteiger partial charge < -0.3 is 5.11 Å². The maximum absolute atomic E-state index is 12.4. The number of hydrogen-bond acceptors (Lipinski definition) is 3. The molecule has 1 atom stereocenters. The van der Waals surface area contributed by atoms with Gasteiger partial charge in [-0.1, -0.05) is 18.2 Å². The lowest BCUT2D eigenvalue weighted by Crippen LogP contribution is -2.25. The van der Waals surface area contributed by atoms with Crippen LogP contribution in [0.15, 0.2) is 24.3 Å². The molecule has 1 N–H and O–H groups in total. The molecule has 0 aliphatic rings. The Balaban J connectivity index is 2.69. The Morgan fingerprint density at radius 1 is 1.32 bits per heavy atom. The number of carbonyl (C=O) groups is 2. The van der Waals surface area contributed by atoms with Gasteiger partial charge >= 0.3 is 6.18 Å². The zero-order valence-corrected chi connectivity index (χ0v) is 10.2. The van der Waals surface area contributed by atoms with Crippen LogP contribution >= 0.6 is 0 Å². The van der Waals surface area contributed by atoms with E-state index in [0.717, 1.165) is 12.1 Å². The van der Waals surface area contributed by atoms with Crippen LogP contribution in [-0.4, -0.2) is 22.8 Å². The summed E-state index contributed by atoms with van der Waals surface area (Å²) in [5.41, 5.74) is -0.471. The molecule has 0 spiro atoms. The minimum atomic E-state index is -4.44. The number of aliphatic hydroxyl groups is 1. The van der Waals surface area contributed by atoms with Crippen molar-refractivity contribution in [3.63, 3.8) is 0 Å². The van der Waals surface area contributed by atoms with Crippen molar-refractivity contribution >= 4 is 11.6 Å². The summed E-state index contributed by atoms with van der Waals surface area (Å²) in [6.07, 6.45) is -6.00. The molecule has 0 heterocycles. The molecule has 1 rings (SSSR count). The van der Waals surface area contributed by atoms with Crippen LogP contribution in [-0.2, 0) is 22.2 Å². The number of hydrogen-bond donors (Lipinski definition) is 1. The average Bonchev–Trinajstić information content (AvgIpc) is 2.34. The third-order valence-electron chi connectivity index (χ3n) is 2.55. The number of halogens is 3. The van der Waals surface area contributed by atoms with Gasteiger partial charge in [-0.25, -0.2) is 0 Å². The summed E-state index contributed by atoms with van der Waals surface area (Å²) in [5.74, 6) is -1.71. The second kappa shape index (κ2) is 5.97. The summed E-state index contributed by atoms with van der Waals surface area (Å²) in [5, 5.41) is 8.92. The van der Waals surface area contributed by atoms with Crippen molar-refractivity contribution in [3.8, 4) is 0 Å². The van der Waals surface area contributed by atoms with Gasteiger partial charge in [0.15, 0.2) is 0 Å². The van der Waals surface area contributed by atoms with E-state index in [1.54, 1.807) is 0 Å². The molecule has 3 nitrogen and oxygen atoms in total. The Morgan fingerprint density at radius 3 is 2.47 bits per heavy atom. The topological polar surface area (TPSA) is 54.4 Å². The van der Waals surface area contributed by atoms with Crippen LogP contribution in [0.1, 0.15) is 24.5 Å². The number of Topliss-reactive ketones (excluding diaryl/α,β-unsaturated/α-hetero) is 2. The Hall–Kier alpha value is -1.69. The molecule has 6 heteroatoms. The summed E-state index contributed by atoms with van der Waals surface area (Å²) in [4.78, 5) is 22.4. The van der Waals surface area contributed by atoms with Crippen molar-refractivity contribution in [3.05, 3.63) is 35.4 Å². The van der Waals surface area contributed by atoms with Gasteiger partial charge in [0.1, 0.15) is 6.10 Å². The summed E-state index contributed by atoms with van der Waals surface area (Å²) in [6, 6.07) is 4.58. The molecule has 0 radical (unpaired) electrons. The number of carbonyl (C=O) groups excluding carboxylic acids is 2. The van der Waals surface area contributed by atoms with E-state index in [2.05, 4.69) is 0 Å². The van der Waals surface area contributed by atoms with Crippen molar-refractivity contribution in [2.75, 3.05) is 0 Å². The van der Waals surface area contributed by atoms with Gasteiger partial charge in [-0.15, -0.1) is 0 Å². The summed E-state index contributed by atoms with van der Waals surface area (Å²) < 4.78 is 37.3. The van der Waals surface area contributed by atoms with Crippen LogP contribution in [0, 0.1) is 0 Å². The van der Waals surface area contributed by atoms with E-state index in [1.807, 2.05) is 0 Å². The highest BCUT2D eigenvalue weighted by Crippen LogP contribution is 2.29. The van der Waals surface area contributed by atoms with Gasteiger partial charge in [0.25, 0.3) is 0 Å². The van der Waals surface area contributed by atoms with Gasteiger partial charge in [0.05, 0.1) is 5.56 Å². The molecule has 0 aliphatic carbocycles. The van der Waals surface area contributed by atoms with Crippen molar-refractivity contribution in [2.45, 2.75) is 32.0 Å². The fourth-order valence-electron chi connectivity index (χ4n) is 1.52. The molecular formula is C13H13F3O3. The van der Waals surface area contributed by atoms with Gasteiger partial charge in [0, 0.05) is 6.42 Å². The predicted molar refractivity (Wildman–Crippen MR) is 61.5 cm³/mol. The molecule has 0 amide bonds. The number of rotatable bonds is 5. The lowest BCUT2D eigenvalue weighted by molar-refractivity contribution is -0.141. The van der Waals surface area contributed by atoms with Crippen LogP contribution in [0.25, 0.3) is 0 Å². The Labute approximate surface area is 108 Å². The normalized spacial score (nSPS) is 13.1. The Kier molecular flexibility index (Phi) is 4.83. The zero-order valence-electron chi connectivity index (χ0n) is 10.2. The minimum absolute atomic E-state index is 0.0290. The Bertz CT molecular complexity index is 478. The van der Waals surface area contributed by atoms with Crippen molar-refractivity contribution in [1.82, 2.24) is 0 Å². The third-order valence-corrected chi connectivity index (χ3v) is 2.55. The first-order chi connectivity index (χ1) is 8.71. The van der Waals surface area contributed by atoms with Gasteiger partial charge in [-0.05, 0) is 25.0 Å². The van der Waals surface area contributed by atoms with E-state index < -0.39 is 29.4 Å². The summed E-state index contributed by atoms with van der Waals surface area (Å²) in [6.45, 7) is 1.17. The average molecular weight is 274 g/mol. The van der Waals surface area contributed by atoms with Crippen molar-refractivity contribution in [2.24, 2.45) is 0 Å². The van der Waals surface area contributed by atoms with Crippen LogP contribution in [0.5, 0.6) is 0 Å². The molecule has 0 aromatic heterocycles. The first kappa shape index (κ1) is 15.4. The van der Waals surface area contributed by atoms with E-state index in [9.17, 15) is 22.8 Å². The quantitative estimate of drug-likeness (QED) is 0.837. The summed E-state index contributed by atoms with van der Waals surface area (Å²) in [7, 11) is 0. The highest BCUT2D eigenvalue weighted by Gasteiger charge is 2.30. The second-order valence-electron chi connectivity index (χ2n) is 4.16. The number of ketones is 2. The SMILES string of the molecule is CC(O)C(=O)C(=O)CCc1cccc(C(F)(F)F)c1. The molecule has 0 bridgehead atoms. The molecule has 19 heavy (non-hydrogen) atoms. The molecule has 1 unspecified atom stereocenters. The third kappa shape index (κ3) is 4.48. The van der Waals surface area contributed by atoms with E-state index in [-0.39, 0.29) is 12.8 Å². The highest BCUT2D eigenvalue weighted by molar-refractivity contribution is 6.38. The van der Waals surface area contributed by atoms with Crippen LogP contribution in [0.2, 0.25) is 0 Å². The highest BCUT2D eigenvalue weighted by atomic mass is 19.4. The first-order valence-electron chi connectivity index (χ1n) is 5.63. The maximum atomic E-state index is 12.4.